The molecule has 0 fully saturated rings. The predicted octanol–water partition coefficient (Wildman–Crippen LogP) is 5.21. The number of benzene rings is 3. The van der Waals surface area contributed by atoms with Crippen LogP contribution in [-0.2, 0) is 16.6 Å². The van der Waals surface area contributed by atoms with Gasteiger partial charge in [0.2, 0.25) is 10.0 Å². The van der Waals surface area contributed by atoms with Gasteiger partial charge in [0.05, 0.1) is 4.90 Å². The summed E-state index contributed by atoms with van der Waals surface area (Å²) >= 11 is 1.40. The summed E-state index contributed by atoms with van der Waals surface area (Å²) in [5.41, 5.74) is 0.814. The molecular formula is C22H18N2O4S2. The number of nitrogens with zero attached hydrogens (tertiary/aromatic N) is 1. The summed E-state index contributed by atoms with van der Waals surface area (Å²) in [5.74, 6) is 1.90. The number of aromatic nitrogens is 1. The summed E-state index contributed by atoms with van der Waals surface area (Å²) in [6.07, 6.45) is 1.67. The minimum Gasteiger partial charge on any atom is -0.457 e. The topological polar surface area (TPSA) is 77.5 Å². The second-order valence-electron chi connectivity index (χ2n) is 6.26. The molecule has 6 nitrogen and oxygen atoms in total. The second-order valence-corrected chi connectivity index (χ2v) is 8.88. The van der Waals surface area contributed by atoms with Crippen LogP contribution in [0.3, 0.4) is 0 Å². The van der Waals surface area contributed by atoms with E-state index in [0.29, 0.717) is 22.4 Å². The van der Waals surface area contributed by atoms with Crippen molar-refractivity contribution in [1.82, 2.24) is 9.71 Å². The quantitative estimate of drug-likeness (QED) is 0.409. The molecule has 0 atom stereocenters. The third-order valence-corrected chi connectivity index (χ3v) is 6.18. The number of rotatable bonds is 8. The summed E-state index contributed by atoms with van der Waals surface area (Å²) in [6, 6.07) is 22.8. The van der Waals surface area contributed by atoms with Gasteiger partial charge < -0.3 is 9.47 Å². The summed E-state index contributed by atoms with van der Waals surface area (Å²) in [6.45, 7) is 0.169. The SMILES string of the molecule is O=S(=O)(NCc1ccc(Oc2nccs2)cc1)c1ccc(Oc2ccccc2)cc1. The molecule has 0 aliphatic rings. The zero-order chi connectivity index (χ0) is 20.8. The van der Waals surface area contributed by atoms with Gasteiger partial charge in [0.25, 0.3) is 5.19 Å². The Morgan fingerprint density at radius 3 is 2.10 bits per heavy atom. The average Bonchev–Trinajstić information content (AvgIpc) is 3.28. The highest BCUT2D eigenvalue weighted by Gasteiger charge is 2.14. The molecular weight excluding hydrogens is 420 g/mol. The second kappa shape index (κ2) is 9.08. The van der Waals surface area contributed by atoms with Crippen molar-refractivity contribution in [3.63, 3.8) is 0 Å². The maximum atomic E-state index is 12.6. The van der Waals surface area contributed by atoms with Crippen LogP contribution in [0.5, 0.6) is 22.4 Å². The molecule has 0 amide bonds. The zero-order valence-electron chi connectivity index (χ0n) is 15.8. The largest absolute Gasteiger partial charge is 0.457 e. The maximum absolute atomic E-state index is 12.6. The van der Waals surface area contributed by atoms with Crippen molar-refractivity contribution in [3.05, 3.63) is 96.0 Å². The maximum Gasteiger partial charge on any atom is 0.278 e. The number of sulfonamides is 1. The molecule has 1 aromatic heterocycles. The van der Waals surface area contributed by atoms with Crippen LogP contribution >= 0.6 is 11.3 Å². The number of thiazole rings is 1. The van der Waals surface area contributed by atoms with Crippen LogP contribution in [0.15, 0.2) is 95.3 Å². The molecule has 0 saturated carbocycles. The van der Waals surface area contributed by atoms with Gasteiger partial charge in [-0.25, -0.2) is 18.1 Å². The number of para-hydroxylation sites is 1. The third kappa shape index (κ3) is 5.24. The van der Waals surface area contributed by atoms with Crippen LogP contribution in [0.2, 0.25) is 0 Å². The number of nitrogens with one attached hydrogen (secondary N) is 1. The Balaban J connectivity index is 1.35. The molecule has 0 spiro atoms. The van der Waals surface area contributed by atoms with Gasteiger partial charge in [0, 0.05) is 18.1 Å². The summed E-state index contributed by atoms with van der Waals surface area (Å²) in [4.78, 5) is 4.23. The monoisotopic (exact) mass is 438 g/mol. The van der Waals surface area contributed by atoms with Crippen LogP contribution in [0.25, 0.3) is 0 Å². The molecule has 152 valence electrons. The van der Waals surface area contributed by atoms with Crippen molar-refractivity contribution in [1.29, 1.82) is 0 Å². The molecule has 1 N–H and O–H groups in total. The highest BCUT2D eigenvalue weighted by molar-refractivity contribution is 7.89. The normalized spacial score (nSPS) is 11.2. The van der Waals surface area contributed by atoms with E-state index in [9.17, 15) is 8.42 Å². The molecule has 4 aromatic rings. The minimum atomic E-state index is -3.64. The highest BCUT2D eigenvalue weighted by atomic mass is 32.2. The van der Waals surface area contributed by atoms with Gasteiger partial charge in [-0.2, -0.15) is 0 Å². The molecule has 0 radical (unpaired) electrons. The summed E-state index contributed by atoms with van der Waals surface area (Å²) in [7, 11) is -3.64. The number of ether oxygens (including phenoxy) is 2. The van der Waals surface area contributed by atoms with Crippen LogP contribution in [0.4, 0.5) is 0 Å². The van der Waals surface area contributed by atoms with E-state index in [-0.39, 0.29) is 11.4 Å². The standard InChI is InChI=1S/C22H18N2O4S2/c25-30(26,21-12-10-19(11-13-21)27-18-4-2-1-3-5-18)24-16-17-6-8-20(9-7-17)28-22-23-14-15-29-22/h1-15,24H,16H2. The molecule has 8 heteroatoms. The average molecular weight is 439 g/mol. The van der Waals surface area contributed by atoms with Crippen molar-refractivity contribution < 1.29 is 17.9 Å². The fourth-order valence-corrected chi connectivity index (χ4v) is 4.13. The first-order valence-corrected chi connectivity index (χ1v) is 11.4. The smallest absolute Gasteiger partial charge is 0.278 e. The first-order chi connectivity index (χ1) is 14.6. The van der Waals surface area contributed by atoms with Crippen LogP contribution in [0, 0.1) is 0 Å². The van der Waals surface area contributed by atoms with E-state index in [2.05, 4.69) is 9.71 Å². The van der Waals surface area contributed by atoms with E-state index in [1.54, 1.807) is 30.5 Å². The first-order valence-electron chi connectivity index (χ1n) is 9.07. The van der Waals surface area contributed by atoms with Crippen LogP contribution in [-0.4, -0.2) is 13.4 Å². The third-order valence-electron chi connectivity index (χ3n) is 4.12. The van der Waals surface area contributed by atoms with Crippen LogP contribution < -0.4 is 14.2 Å². The van der Waals surface area contributed by atoms with Gasteiger partial charge in [-0.1, -0.05) is 41.7 Å². The van der Waals surface area contributed by atoms with E-state index in [4.69, 9.17) is 9.47 Å². The summed E-state index contributed by atoms with van der Waals surface area (Å²) in [5, 5.41) is 2.39. The Kier molecular flexibility index (Phi) is 6.08. The molecule has 0 saturated heterocycles. The fraction of sp³-hybridized carbons (Fsp3) is 0.0455. The lowest BCUT2D eigenvalue weighted by Gasteiger charge is -2.09. The van der Waals surface area contributed by atoms with E-state index in [1.807, 2.05) is 47.8 Å². The van der Waals surface area contributed by atoms with Gasteiger partial charge in [0.1, 0.15) is 17.2 Å². The molecule has 0 aliphatic carbocycles. The van der Waals surface area contributed by atoms with Crippen molar-refractivity contribution in [2.45, 2.75) is 11.4 Å². The Morgan fingerprint density at radius 2 is 1.43 bits per heavy atom. The Bertz CT molecular complexity index is 1180. The first kappa shape index (κ1) is 20.1. The van der Waals surface area contributed by atoms with Gasteiger partial charge in [-0.05, 0) is 54.1 Å². The molecule has 1 heterocycles. The molecule has 30 heavy (non-hydrogen) atoms. The van der Waals surface area contributed by atoms with Crippen molar-refractivity contribution >= 4 is 21.4 Å². The van der Waals surface area contributed by atoms with E-state index in [0.717, 1.165) is 5.56 Å². The zero-order valence-corrected chi connectivity index (χ0v) is 17.4. The van der Waals surface area contributed by atoms with Crippen molar-refractivity contribution in [2.24, 2.45) is 0 Å². The molecule has 0 unspecified atom stereocenters. The predicted molar refractivity (Wildman–Crippen MR) is 116 cm³/mol. The molecule has 3 aromatic carbocycles. The molecule has 0 aliphatic heterocycles. The van der Waals surface area contributed by atoms with Gasteiger partial charge >= 0.3 is 0 Å². The fourth-order valence-electron chi connectivity index (χ4n) is 2.61. The highest BCUT2D eigenvalue weighted by Crippen LogP contribution is 2.24. The van der Waals surface area contributed by atoms with Crippen molar-refractivity contribution in [2.75, 3.05) is 0 Å². The van der Waals surface area contributed by atoms with Gasteiger partial charge in [-0.15, -0.1) is 0 Å². The van der Waals surface area contributed by atoms with Gasteiger partial charge in [0.15, 0.2) is 0 Å². The summed E-state index contributed by atoms with van der Waals surface area (Å²) < 4.78 is 39.0. The number of hydrogen-bond donors (Lipinski definition) is 1. The van der Waals surface area contributed by atoms with E-state index >= 15 is 0 Å². The van der Waals surface area contributed by atoms with E-state index in [1.165, 1.54) is 23.5 Å². The lowest BCUT2D eigenvalue weighted by Crippen LogP contribution is -2.23. The Labute approximate surface area is 178 Å². The minimum absolute atomic E-state index is 0.169. The van der Waals surface area contributed by atoms with E-state index < -0.39 is 10.0 Å². The van der Waals surface area contributed by atoms with Crippen LogP contribution in [0.1, 0.15) is 5.56 Å². The molecule has 4 rings (SSSR count). The molecule has 0 bridgehead atoms. The lowest BCUT2D eigenvalue weighted by molar-refractivity contribution is 0.478. The number of hydrogen-bond acceptors (Lipinski definition) is 6. The lowest BCUT2D eigenvalue weighted by atomic mass is 10.2. The Hall–Kier alpha value is -3.20. The van der Waals surface area contributed by atoms with Gasteiger partial charge in [-0.3, -0.25) is 0 Å². The van der Waals surface area contributed by atoms with Crippen molar-refractivity contribution in [3.8, 4) is 22.4 Å². The Morgan fingerprint density at radius 1 is 0.800 bits per heavy atom.